The summed E-state index contributed by atoms with van der Waals surface area (Å²) in [4.78, 5) is 33.5. The van der Waals surface area contributed by atoms with Gasteiger partial charge in [0.25, 0.3) is 11.6 Å². The highest BCUT2D eigenvalue weighted by Crippen LogP contribution is 2.19. The first kappa shape index (κ1) is 15.7. The third kappa shape index (κ3) is 2.79. The summed E-state index contributed by atoms with van der Waals surface area (Å²) in [7, 11) is 1.49. The average Bonchev–Trinajstić information content (AvgIpc) is 2.78. The number of rotatable bonds is 6. The van der Waals surface area contributed by atoms with E-state index in [9.17, 15) is 24.8 Å². The molecule has 110 valence electrons. The van der Waals surface area contributed by atoms with E-state index in [-0.39, 0.29) is 24.2 Å². The van der Waals surface area contributed by atoms with Gasteiger partial charge in [0.05, 0.1) is 11.1 Å². The van der Waals surface area contributed by atoms with Crippen molar-refractivity contribution in [2.45, 2.75) is 32.2 Å². The second-order valence-electron chi connectivity index (χ2n) is 4.50. The van der Waals surface area contributed by atoms with E-state index in [2.05, 4.69) is 5.32 Å². The Morgan fingerprint density at radius 1 is 1.45 bits per heavy atom. The summed E-state index contributed by atoms with van der Waals surface area (Å²) in [6.07, 6.45) is 1.64. The molecular formula is C12H17N3O5. The fourth-order valence-corrected chi connectivity index (χ4v) is 1.94. The molecule has 0 bridgehead atoms. The molecule has 0 atom stereocenters. The van der Waals surface area contributed by atoms with Crippen LogP contribution in [-0.4, -0.2) is 32.0 Å². The minimum Gasteiger partial charge on any atom is -0.480 e. The van der Waals surface area contributed by atoms with Crippen LogP contribution in [0.1, 0.15) is 37.2 Å². The Kier molecular flexibility index (Phi) is 4.49. The van der Waals surface area contributed by atoms with Crippen LogP contribution in [-0.2, 0) is 11.8 Å². The first-order chi connectivity index (χ1) is 9.27. The van der Waals surface area contributed by atoms with Crippen molar-refractivity contribution >= 4 is 17.6 Å². The van der Waals surface area contributed by atoms with Crippen molar-refractivity contribution in [3.63, 3.8) is 0 Å². The molecule has 0 fully saturated rings. The predicted molar refractivity (Wildman–Crippen MR) is 70.5 cm³/mol. The lowest BCUT2D eigenvalue weighted by atomic mass is 9.93. The van der Waals surface area contributed by atoms with Crippen molar-refractivity contribution in [2.24, 2.45) is 7.05 Å². The standard InChI is InChI=1S/C12H17N3O5/c1-4-12(5-2,11(17)18)13-10(16)9-6-8(15(19)20)7-14(9)3/h6-7H,4-5H2,1-3H3,(H,13,16)(H,17,18). The number of hydrogen-bond donors (Lipinski definition) is 2. The van der Waals surface area contributed by atoms with Crippen LogP contribution < -0.4 is 5.32 Å². The van der Waals surface area contributed by atoms with Crippen molar-refractivity contribution in [1.82, 2.24) is 9.88 Å². The number of nitrogens with zero attached hydrogens (tertiary/aromatic N) is 2. The van der Waals surface area contributed by atoms with Gasteiger partial charge >= 0.3 is 5.97 Å². The fourth-order valence-electron chi connectivity index (χ4n) is 1.94. The SMILES string of the molecule is CCC(CC)(NC(=O)c1cc([N+](=O)[O-])cn1C)C(=O)O. The molecule has 1 aromatic heterocycles. The molecule has 8 heteroatoms. The Hall–Kier alpha value is -2.38. The number of carbonyl (C=O) groups is 2. The molecule has 0 aliphatic heterocycles. The molecule has 20 heavy (non-hydrogen) atoms. The number of nitro groups is 1. The minimum atomic E-state index is -1.36. The molecule has 0 aromatic carbocycles. The Labute approximate surface area is 115 Å². The first-order valence-electron chi connectivity index (χ1n) is 6.14. The van der Waals surface area contributed by atoms with Crippen LogP contribution in [0.15, 0.2) is 12.3 Å². The van der Waals surface area contributed by atoms with Gasteiger partial charge in [-0.1, -0.05) is 13.8 Å². The molecule has 8 nitrogen and oxygen atoms in total. The van der Waals surface area contributed by atoms with E-state index < -0.39 is 22.3 Å². The highest BCUT2D eigenvalue weighted by molar-refractivity contribution is 5.97. The Balaban J connectivity index is 3.07. The lowest BCUT2D eigenvalue weighted by molar-refractivity contribution is -0.384. The molecule has 1 aromatic rings. The molecule has 2 N–H and O–H groups in total. The molecular weight excluding hydrogens is 266 g/mol. The van der Waals surface area contributed by atoms with E-state index in [0.717, 1.165) is 6.07 Å². The van der Waals surface area contributed by atoms with E-state index >= 15 is 0 Å². The lowest BCUT2D eigenvalue weighted by Gasteiger charge is -2.27. The lowest BCUT2D eigenvalue weighted by Crippen LogP contribution is -2.54. The van der Waals surface area contributed by atoms with Crippen LogP contribution in [0.3, 0.4) is 0 Å². The second-order valence-corrected chi connectivity index (χ2v) is 4.50. The number of carboxylic acid groups (broad SMARTS) is 1. The summed E-state index contributed by atoms with van der Waals surface area (Å²) in [6.45, 7) is 3.32. The molecule has 1 rings (SSSR count). The van der Waals surface area contributed by atoms with Crippen molar-refractivity contribution in [3.05, 3.63) is 28.1 Å². The quantitative estimate of drug-likeness (QED) is 0.603. The number of carbonyl (C=O) groups excluding carboxylic acids is 1. The van der Waals surface area contributed by atoms with Gasteiger partial charge in [0.2, 0.25) is 0 Å². The summed E-state index contributed by atoms with van der Waals surface area (Å²) in [5.41, 5.74) is -1.54. The number of aromatic nitrogens is 1. The van der Waals surface area contributed by atoms with Gasteiger partial charge in [-0.25, -0.2) is 4.79 Å². The molecule has 0 saturated carbocycles. The maximum Gasteiger partial charge on any atom is 0.329 e. The third-order valence-electron chi connectivity index (χ3n) is 3.40. The zero-order valence-corrected chi connectivity index (χ0v) is 11.5. The summed E-state index contributed by atoms with van der Waals surface area (Å²) in [5.74, 6) is -1.77. The summed E-state index contributed by atoms with van der Waals surface area (Å²) >= 11 is 0. The van der Waals surface area contributed by atoms with Crippen molar-refractivity contribution in [1.29, 1.82) is 0 Å². The molecule has 0 radical (unpaired) electrons. The van der Waals surface area contributed by atoms with Crippen molar-refractivity contribution in [3.8, 4) is 0 Å². The van der Waals surface area contributed by atoms with E-state index in [1.165, 1.54) is 17.8 Å². The van der Waals surface area contributed by atoms with Gasteiger partial charge in [-0.2, -0.15) is 0 Å². The molecule has 0 spiro atoms. The minimum absolute atomic E-state index is 0.0456. The van der Waals surface area contributed by atoms with E-state index in [1.54, 1.807) is 13.8 Å². The highest BCUT2D eigenvalue weighted by atomic mass is 16.6. The fraction of sp³-hybridized carbons (Fsp3) is 0.500. The van der Waals surface area contributed by atoms with Crippen molar-refractivity contribution in [2.75, 3.05) is 0 Å². The summed E-state index contributed by atoms with van der Waals surface area (Å²) in [5, 5.41) is 22.4. The maximum absolute atomic E-state index is 12.1. The molecule has 1 heterocycles. The van der Waals surface area contributed by atoms with E-state index in [0.29, 0.717) is 0 Å². The normalized spacial score (nSPS) is 11.2. The highest BCUT2D eigenvalue weighted by Gasteiger charge is 2.37. The second kappa shape index (κ2) is 5.72. The smallest absolute Gasteiger partial charge is 0.329 e. The number of nitrogens with one attached hydrogen (secondary N) is 1. The van der Waals surface area contributed by atoms with Gasteiger partial charge in [0.15, 0.2) is 0 Å². The zero-order valence-electron chi connectivity index (χ0n) is 11.5. The molecule has 0 aliphatic rings. The predicted octanol–water partition coefficient (Wildman–Crippen LogP) is 1.31. The molecule has 1 amide bonds. The van der Waals surface area contributed by atoms with Gasteiger partial charge in [-0.05, 0) is 12.8 Å². The number of hydrogen-bond acceptors (Lipinski definition) is 4. The van der Waals surface area contributed by atoms with Crippen LogP contribution in [0.5, 0.6) is 0 Å². The largest absolute Gasteiger partial charge is 0.480 e. The Bertz CT molecular complexity index is 545. The van der Waals surface area contributed by atoms with Crippen LogP contribution >= 0.6 is 0 Å². The van der Waals surface area contributed by atoms with Gasteiger partial charge in [0.1, 0.15) is 11.2 Å². The zero-order chi connectivity index (χ0) is 15.5. The van der Waals surface area contributed by atoms with E-state index in [4.69, 9.17) is 0 Å². The summed E-state index contributed by atoms with van der Waals surface area (Å²) in [6, 6.07) is 1.12. The van der Waals surface area contributed by atoms with Gasteiger partial charge < -0.3 is 15.0 Å². The van der Waals surface area contributed by atoms with Crippen LogP contribution in [0.2, 0.25) is 0 Å². The topological polar surface area (TPSA) is 114 Å². The van der Waals surface area contributed by atoms with Crippen LogP contribution in [0.25, 0.3) is 0 Å². The van der Waals surface area contributed by atoms with Gasteiger partial charge in [-0.3, -0.25) is 14.9 Å². The van der Waals surface area contributed by atoms with Crippen LogP contribution in [0.4, 0.5) is 5.69 Å². The van der Waals surface area contributed by atoms with Gasteiger partial charge in [-0.15, -0.1) is 0 Å². The molecule has 0 unspecified atom stereocenters. The Morgan fingerprint density at radius 2 is 2.00 bits per heavy atom. The molecule has 0 aliphatic carbocycles. The van der Waals surface area contributed by atoms with Crippen LogP contribution in [0, 0.1) is 10.1 Å². The monoisotopic (exact) mass is 283 g/mol. The number of aryl methyl sites for hydroxylation is 1. The number of amides is 1. The van der Waals surface area contributed by atoms with Gasteiger partial charge in [0, 0.05) is 13.1 Å². The average molecular weight is 283 g/mol. The summed E-state index contributed by atoms with van der Waals surface area (Å²) < 4.78 is 1.30. The first-order valence-corrected chi connectivity index (χ1v) is 6.14. The number of aliphatic carboxylic acids is 1. The maximum atomic E-state index is 12.1. The third-order valence-corrected chi connectivity index (χ3v) is 3.40. The van der Waals surface area contributed by atoms with Crippen molar-refractivity contribution < 1.29 is 19.6 Å². The Morgan fingerprint density at radius 3 is 2.35 bits per heavy atom. The number of carboxylic acids is 1. The molecule has 0 saturated heterocycles. The van der Waals surface area contributed by atoms with E-state index in [1.807, 2.05) is 0 Å².